The highest BCUT2D eigenvalue weighted by atomic mass is 35.5. The van der Waals surface area contributed by atoms with Crippen LogP contribution in [-0.4, -0.2) is 30.2 Å². The summed E-state index contributed by atoms with van der Waals surface area (Å²) in [5.74, 6) is 0.458. The molecule has 0 aliphatic carbocycles. The van der Waals surface area contributed by atoms with Crippen molar-refractivity contribution in [2.24, 2.45) is 0 Å². The first-order valence-corrected chi connectivity index (χ1v) is 7.29. The molecule has 22 heavy (non-hydrogen) atoms. The maximum Gasteiger partial charge on any atom is 0.257 e. The van der Waals surface area contributed by atoms with Crippen LogP contribution in [0.1, 0.15) is 29.0 Å². The van der Waals surface area contributed by atoms with Crippen molar-refractivity contribution in [1.82, 2.24) is 15.8 Å². The van der Waals surface area contributed by atoms with Crippen LogP contribution >= 0.6 is 12.4 Å². The van der Waals surface area contributed by atoms with Gasteiger partial charge in [-0.25, -0.2) is 0 Å². The van der Waals surface area contributed by atoms with Gasteiger partial charge in [0.05, 0.1) is 0 Å². The molecule has 2 heterocycles. The van der Waals surface area contributed by atoms with Crippen molar-refractivity contribution < 1.29 is 9.32 Å². The second kappa shape index (κ2) is 7.42. The molecule has 1 aliphatic heterocycles. The Balaban J connectivity index is 0.00000176. The number of hydrogen-bond donors (Lipinski definition) is 2. The van der Waals surface area contributed by atoms with Gasteiger partial charge in [-0.2, -0.15) is 0 Å². The predicted molar refractivity (Wildman–Crippen MR) is 87.3 cm³/mol. The highest BCUT2D eigenvalue weighted by Crippen LogP contribution is 2.25. The van der Waals surface area contributed by atoms with Crippen LogP contribution in [0.15, 0.2) is 34.9 Å². The Morgan fingerprint density at radius 1 is 1.27 bits per heavy atom. The van der Waals surface area contributed by atoms with Gasteiger partial charge in [-0.05, 0) is 32.9 Å². The Bertz CT molecular complexity index is 622. The fraction of sp³-hybridized carbons (Fsp3) is 0.375. The monoisotopic (exact) mass is 321 g/mol. The van der Waals surface area contributed by atoms with Crippen LogP contribution in [0.4, 0.5) is 0 Å². The molecule has 3 rings (SSSR count). The number of aryl methyl sites for hydroxylation is 1. The standard InChI is InChI=1S/C16H19N3O2.ClH/c1-11-14(16(20)18-13-7-9-17-10-8-13)15(19-21-11)12-5-3-2-4-6-12;/h2-6,13,17H,7-10H2,1H3,(H,18,20);1H. The summed E-state index contributed by atoms with van der Waals surface area (Å²) in [6.07, 6.45) is 1.91. The van der Waals surface area contributed by atoms with Gasteiger partial charge in [-0.1, -0.05) is 35.5 Å². The third-order valence-corrected chi connectivity index (χ3v) is 3.81. The minimum atomic E-state index is -0.0977. The largest absolute Gasteiger partial charge is 0.360 e. The molecule has 6 heteroatoms. The summed E-state index contributed by atoms with van der Waals surface area (Å²) in [4.78, 5) is 12.6. The van der Waals surface area contributed by atoms with Gasteiger partial charge in [0.1, 0.15) is 17.0 Å². The summed E-state index contributed by atoms with van der Waals surface area (Å²) in [6, 6.07) is 9.86. The molecule has 0 saturated carbocycles. The topological polar surface area (TPSA) is 67.2 Å². The van der Waals surface area contributed by atoms with Crippen LogP contribution in [0.3, 0.4) is 0 Å². The molecule has 2 aromatic rings. The zero-order valence-electron chi connectivity index (χ0n) is 12.5. The number of carbonyl (C=O) groups excluding carboxylic acids is 1. The maximum atomic E-state index is 12.6. The van der Waals surface area contributed by atoms with Crippen molar-refractivity contribution in [3.63, 3.8) is 0 Å². The molecular formula is C16H20ClN3O2. The molecule has 5 nitrogen and oxygen atoms in total. The van der Waals surface area contributed by atoms with E-state index in [0.717, 1.165) is 31.5 Å². The lowest BCUT2D eigenvalue weighted by Crippen LogP contribution is -2.42. The van der Waals surface area contributed by atoms with E-state index in [9.17, 15) is 4.79 Å². The van der Waals surface area contributed by atoms with E-state index in [1.54, 1.807) is 6.92 Å². The van der Waals surface area contributed by atoms with E-state index >= 15 is 0 Å². The Kier molecular flexibility index (Phi) is 5.57. The number of benzene rings is 1. The predicted octanol–water partition coefficient (Wildman–Crippen LogP) is 2.55. The molecule has 1 aliphatic rings. The molecule has 1 amide bonds. The highest BCUT2D eigenvalue weighted by Gasteiger charge is 2.24. The number of aromatic nitrogens is 1. The molecule has 0 unspecified atom stereocenters. The van der Waals surface area contributed by atoms with Crippen LogP contribution in [0.2, 0.25) is 0 Å². The lowest BCUT2D eigenvalue weighted by Gasteiger charge is -2.23. The number of halogens is 1. The summed E-state index contributed by atoms with van der Waals surface area (Å²) in [6.45, 7) is 3.66. The van der Waals surface area contributed by atoms with Gasteiger partial charge in [0.25, 0.3) is 5.91 Å². The number of hydrogen-bond acceptors (Lipinski definition) is 4. The number of carbonyl (C=O) groups is 1. The smallest absolute Gasteiger partial charge is 0.257 e. The first-order chi connectivity index (χ1) is 10.3. The van der Waals surface area contributed by atoms with Crippen molar-refractivity contribution >= 4 is 18.3 Å². The van der Waals surface area contributed by atoms with E-state index in [-0.39, 0.29) is 24.4 Å². The van der Waals surface area contributed by atoms with Gasteiger partial charge in [0, 0.05) is 11.6 Å². The van der Waals surface area contributed by atoms with Crippen LogP contribution in [0.5, 0.6) is 0 Å². The number of amides is 1. The first-order valence-electron chi connectivity index (χ1n) is 7.29. The zero-order valence-corrected chi connectivity index (χ0v) is 13.3. The van der Waals surface area contributed by atoms with E-state index < -0.39 is 0 Å². The summed E-state index contributed by atoms with van der Waals surface area (Å²) in [7, 11) is 0. The van der Waals surface area contributed by atoms with Crippen molar-refractivity contribution in [2.45, 2.75) is 25.8 Å². The van der Waals surface area contributed by atoms with E-state index in [0.29, 0.717) is 17.0 Å². The molecule has 0 spiro atoms. The quantitative estimate of drug-likeness (QED) is 0.911. The summed E-state index contributed by atoms with van der Waals surface area (Å²) >= 11 is 0. The van der Waals surface area contributed by atoms with Gasteiger partial charge in [-0.3, -0.25) is 4.79 Å². The highest BCUT2D eigenvalue weighted by molar-refractivity contribution is 6.00. The van der Waals surface area contributed by atoms with Crippen molar-refractivity contribution in [2.75, 3.05) is 13.1 Å². The molecule has 1 saturated heterocycles. The van der Waals surface area contributed by atoms with Gasteiger partial charge < -0.3 is 15.2 Å². The summed E-state index contributed by atoms with van der Waals surface area (Å²) in [5, 5.41) is 10.4. The molecule has 1 aromatic carbocycles. The number of piperidine rings is 1. The molecule has 0 radical (unpaired) electrons. The number of rotatable bonds is 3. The van der Waals surface area contributed by atoms with Crippen LogP contribution < -0.4 is 10.6 Å². The van der Waals surface area contributed by atoms with Crippen molar-refractivity contribution in [1.29, 1.82) is 0 Å². The molecule has 0 bridgehead atoms. The van der Waals surface area contributed by atoms with E-state index in [2.05, 4.69) is 15.8 Å². The number of nitrogens with zero attached hydrogens (tertiary/aromatic N) is 1. The SMILES string of the molecule is Cc1onc(-c2ccccc2)c1C(=O)NC1CCNCC1.Cl. The second-order valence-corrected chi connectivity index (χ2v) is 5.33. The lowest BCUT2D eigenvalue weighted by molar-refractivity contribution is 0.0928. The molecule has 1 fully saturated rings. The Hall–Kier alpha value is -1.85. The van der Waals surface area contributed by atoms with Crippen LogP contribution in [0, 0.1) is 6.92 Å². The fourth-order valence-electron chi connectivity index (χ4n) is 2.66. The average Bonchev–Trinajstić information content (AvgIpc) is 2.91. The molecule has 118 valence electrons. The Labute approximate surface area is 135 Å². The maximum absolute atomic E-state index is 12.6. The minimum absolute atomic E-state index is 0. The second-order valence-electron chi connectivity index (χ2n) is 5.33. The number of nitrogens with one attached hydrogen (secondary N) is 2. The fourth-order valence-corrected chi connectivity index (χ4v) is 2.66. The zero-order chi connectivity index (χ0) is 14.7. The molecular weight excluding hydrogens is 302 g/mol. The average molecular weight is 322 g/mol. The van der Waals surface area contributed by atoms with E-state index in [1.165, 1.54) is 0 Å². The normalized spacial score (nSPS) is 15.1. The summed E-state index contributed by atoms with van der Waals surface area (Å²) < 4.78 is 5.24. The lowest BCUT2D eigenvalue weighted by atomic mass is 10.0. The van der Waals surface area contributed by atoms with Gasteiger partial charge in [0.2, 0.25) is 0 Å². The van der Waals surface area contributed by atoms with Gasteiger partial charge >= 0.3 is 0 Å². The van der Waals surface area contributed by atoms with Gasteiger partial charge in [-0.15, -0.1) is 12.4 Å². The van der Waals surface area contributed by atoms with Crippen LogP contribution in [-0.2, 0) is 0 Å². The Morgan fingerprint density at radius 2 is 1.95 bits per heavy atom. The Morgan fingerprint density at radius 3 is 2.64 bits per heavy atom. The molecule has 1 aromatic heterocycles. The molecule has 2 N–H and O–H groups in total. The summed E-state index contributed by atoms with van der Waals surface area (Å²) in [5.41, 5.74) is 2.05. The van der Waals surface area contributed by atoms with Crippen LogP contribution in [0.25, 0.3) is 11.3 Å². The molecule has 0 atom stereocenters. The van der Waals surface area contributed by atoms with E-state index in [4.69, 9.17) is 4.52 Å². The minimum Gasteiger partial charge on any atom is -0.360 e. The van der Waals surface area contributed by atoms with E-state index in [1.807, 2.05) is 30.3 Å². The first kappa shape index (κ1) is 16.5. The third-order valence-electron chi connectivity index (χ3n) is 3.81. The van der Waals surface area contributed by atoms with Gasteiger partial charge in [0.15, 0.2) is 0 Å². The third kappa shape index (κ3) is 3.48. The van der Waals surface area contributed by atoms with Crippen molar-refractivity contribution in [3.8, 4) is 11.3 Å². The van der Waals surface area contributed by atoms with Crippen molar-refractivity contribution in [3.05, 3.63) is 41.7 Å².